The van der Waals surface area contributed by atoms with Gasteiger partial charge in [0.25, 0.3) is 0 Å². The second-order valence-corrected chi connectivity index (χ2v) is 12.5. The zero-order valence-corrected chi connectivity index (χ0v) is 25.3. The summed E-state index contributed by atoms with van der Waals surface area (Å²) in [6, 6.07) is 54.8. The Morgan fingerprint density at radius 1 is 0.467 bits per heavy atom. The minimum Gasteiger partial charge on any atom is -0.456 e. The van der Waals surface area contributed by atoms with Crippen molar-refractivity contribution in [1.82, 2.24) is 0 Å². The summed E-state index contributed by atoms with van der Waals surface area (Å²) in [5.74, 6) is 0. The highest BCUT2D eigenvalue weighted by molar-refractivity contribution is 6.08. The Hall–Kier alpha value is -5.60. The van der Waals surface area contributed by atoms with E-state index in [0.717, 1.165) is 38.9 Å². The number of hydrogen-bond donors (Lipinski definition) is 0. The predicted molar refractivity (Wildman–Crippen MR) is 189 cm³/mol. The first-order chi connectivity index (χ1) is 22.1. The molecule has 1 aromatic heterocycles. The third-order valence-corrected chi connectivity index (χ3v) is 9.67. The molecule has 0 atom stereocenters. The number of rotatable bonds is 4. The van der Waals surface area contributed by atoms with E-state index in [1.54, 1.807) is 0 Å². The molecule has 2 nitrogen and oxygen atoms in total. The van der Waals surface area contributed by atoms with Crippen LogP contribution >= 0.6 is 0 Å². The fourth-order valence-electron chi connectivity index (χ4n) is 7.52. The molecule has 45 heavy (non-hydrogen) atoms. The van der Waals surface area contributed by atoms with Crippen LogP contribution in [0.5, 0.6) is 0 Å². The molecule has 0 radical (unpaired) electrons. The van der Waals surface area contributed by atoms with E-state index in [1.165, 1.54) is 44.3 Å². The van der Waals surface area contributed by atoms with Gasteiger partial charge in [0.2, 0.25) is 0 Å². The highest BCUT2D eigenvalue weighted by atomic mass is 16.3. The summed E-state index contributed by atoms with van der Waals surface area (Å²) < 4.78 is 6.20. The van der Waals surface area contributed by atoms with Gasteiger partial charge in [-0.15, -0.1) is 0 Å². The molecule has 0 fully saturated rings. The SMILES string of the molecule is CC1(C)c2ccccc2-c2c(N(c3ccccc3-c3ccc4oc5ccccc5c4c3)c3cccc4ccccc34)cccc21. The maximum Gasteiger partial charge on any atom is 0.135 e. The van der Waals surface area contributed by atoms with Crippen LogP contribution in [0.3, 0.4) is 0 Å². The smallest absolute Gasteiger partial charge is 0.135 e. The molecule has 0 saturated heterocycles. The Morgan fingerprint density at radius 3 is 2.00 bits per heavy atom. The second kappa shape index (κ2) is 9.70. The highest BCUT2D eigenvalue weighted by Crippen LogP contribution is 2.55. The summed E-state index contributed by atoms with van der Waals surface area (Å²) in [6.07, 6.45) is 0. The van der Waals surface area contributed by atoms with Crippen LogP contribution < -0.4 is 4.90 Å². The Kier molecular flexibility index (Phi) is 5.58. The largest absolute Gasteiger partial charge is 0.456 e. The van der Waals surface area contributed by atoms with Gasteiger partial charge >= 0.3 is 0 Å². The average molecular weight is 578 g/mol. The van der Waals surface area contributed by atoms with Crippen LogP contribution in [0.2, 0.25) is 0 Å². The molecule has 0 saturated carbocycles. The van der Waals surface area contributed by atoms with E-state index in [4.69, 9.17) is 4.42 Å². The Bertz CT molecular complexity index is 2420. The monoisotopic (exact) mass is 577 g/mol. The third-order valence-electron chi connectivity index (χ3n) is 9.67. The van der Waals surface area contributed by atoms with Crippen molar-refractivity contribution >= 4 is 49.8 Å². The van der Waals surface area contributed by atoms with Gasteiger partial charge in [0, 0.05) is 32.7 Å². The van der Waals surface area contributed by atoms with Crippen molar-refractivity contribution in [2.45, 2.75) is 19.3 Å². The fraction of sp³-hybridized carbons (Fsp3) is 0.0698. The maximum atomic E-state index is 6.20. The van der Waals surface area contributed by atoms with E-state index in [9.17, 15) is 0 Å². The number of anilines is 3. The van der Waals surface area contributed by atoms with Crippen molar-refractivity contribution in [2.75, 3.05) is 4.90 Å². The van der Waals surface area contributed by atoms with Crippen molar-refractivity contribution in [2.24, 2.45) is 0 Å². The fourth-order valence-corrected chi connectivity index (χ4v) is 7.52. The Labute approximate surface area is 262 Å². The molecule has 0 amide bonds. The minimum atomic E-state index is -0.0980. The first-order valence-electron chi connectivity index (χ1n) is 15.6. The molecule has 214 valence electrons. The lowest BCUT2D eigenvalue weighted by Crippen LogP contribution is -2.16. The van der Waals surface area contributed by atoms with Crippen LogP contribution in [-0.2, 0) is 5.41 Å². The molecule has 0 N–H and O–H groups in total. The molecule has 2 heteroatoms. The highest BCUT2D eigenvalue weighted by Gasteiger charge is 2.38. The van der Waals surface area contributed by atoms with Gasteiger partial charge in [0.05, 0.1) is 17.1 Å². The van der Waals surface area contributed by atoms with Gasteiger partial charge in [-0.1, -0.05) is 129 Å². The number of nitrogens with zero attached hydrogens (tertiary/aromatic N) is 1. The van der Waals surface area contributed by atoms with Gasteiger partial charge in [-0.25, -0.2) is 0 Å². The molecular formula is C43H31NO. The number of fused-ring (bicyclic) bond motifs is 7. The van der Waals surface area contributed by atoms with Crippen LogP contribution in [-0.4, -0.2) is 0 Å². The van der Waals surface area contributed by atoms with Crippen LogP contribution in [0, 0.1) is 0 Å². The molecule has 1 heterocycles. The van der Waals surface area contributed by atoms with E-state index in [1.807, 2.05) is 12.1 Å². The zero-order chi connectivity index (χ0) is 30.1. The minimum absolute atomic E-state index is 0.0980. The molecule has 7 aromatic carbocycles. The van der Waals surface area contributed by atoms with Gasteiger partial charge in [-0.05, 0) is 64.0 Å². The molecule has 8 aromatic rings. The number of benzene rings is 7. The van der Waals surface area contributed by atoms with Crippen molar-refractivity contribution in [3.05, 3.63) is 163 Å². The summed E-state index contributed by atoms with van der Waals surface area (Å²) in [5.41, 5.74) is 12.9. The van der Waals surface area contributed by atoms with Crippen molar-refractivity contribution < 1.29 is 4.42 Å². The molecule has 0 bridgehead atoms. The molecule has 1 aliphatic rings. The second-order valence-electron chi connectivity index (χ2n) is 12.5. The van der Waals surface area contributed by atoms with Crippen LogP contribution in [0.1, 0.15) is 25.0 Å². The quantitative estimate of drug-likeness (QED) is 0.207. The standard InChI is InChI=1S/C43H31NO/c1-43(2)35-19-8-5-18-33(35)42-36(43)20-12-23-39(42)44(38-22-11-14-28-13-3-4-15-30(28)38)37-21-9-6-16-31(37)29-25-26-41-34(27-29)32-17-7-10-24-40(32)45-41/h3-27H,1-2H3. The molecule has 0 spiro atoms. The summed E-state index contributed by atoms with van der Waals surface area (Å²) in [4.78, 5) is 2.49. The summed E-state index contributed by atoms with van der Waals surface area (Å²) in [6.45, 7) is 4.70. The average Bonchev–Trinajstić information content (AvgIpc) is 3.57. The van der Waals surface area contributed by atoms with Crippen LogP contribution in [0.25, 0.3) is 55.0 Å². The third kappa shape index (κ3) is 3.82. The molecular weight excluding hydrogens is 546 g/mol. The van der Waals surface area contributed by atoms with Crippen molar-refractivity contribution in [3.8, 4) is 22.3 Å². The van der Waals surface area contributed by atoms with E-state index in [2.05, 4.69) is 158 Å². The zero-order valence-electron chi connectivity index (χ0n) is 25.3. The number of hydrogen-bond acceptors (Lipinski definition) is 2. The predicted octanol–water partition coefficient (Wildman–Crippen LogP) is 12.2. The lowest BCUT2D eigenvalue weighted by atomic mass is 9.82. The summed E-state index contributed by atoms with van der Waals surface area (Å²) in [7, 11) is 0. The Balaban J connectivity index is 1.35. The first kappa shape index (κ1) is 25.9. The molecule has 0 unspecified atom stereocenters. The topological polar surface area (TPSA) is 16.4 Å². The van der Waals surface area contributed by atoms with E-state index < -0.39 is 0 Å². The van der Waals surface area contributed by atoms with Gasteiger partial charge in [0.15, 0.2) is 0 Å². The van der Waals surface area contributed by atoms with E-state index >= 15 is 0 Å². The molecule has 0 aliphatic heterocycles. The van der Waals surface area contributed by atoms with E-state index in [-0.39, 0.29) is 5.41 Å². The summed E-state index contributed by atoms with van der Waals surface area (Å²) in [5, 5.41) is 4.70. The number of para-hydroxylation sites is 2. The molecule has 9 rings (SSSR count). The summed E-state index contributed by atoms with van der Waals surface area (Å²) >= 11 is 0. The first-order valence-corrected chi connectivity index (χ1v) is 15.6. The van der Waals surface area contributed by atoms with Gasteiger partial charge in [-0.2, -0.15) is 0 Å². The van der Waals surface area contributed by atoms with Gasteiger partial charge < -0.3 is 9.32 Å². The van der Waals surface area contributed by atoms with E-state index in [0.29, 0.717) is 0 Å². The van der Waals surface area contributed by atoms with Gasteiger partial charge in [-0.3, -0.25) is 0 Å². The van der Waals surface area contributed by atoms with Crippen molar-refractivity contribution in [1.29, 1.82) is 0 Å². The maximum absolute atomic E-state index is 6.20. The van der Waals surface area contributed by atoms with Crippen molar-refractivity contribution in [3.63, 3.8) is 0 Å². The normalized spacial score (nSPS) is 13.3. The van der Waals surface area contributed by atoms with Crippen LogP contribution in [0.15, 0.2) is 156 Å². The molecule has 1 aliphatic carbocycles. The van der Waals surface area contributed by atoms with Gasteiger partial charge in [0.1, 0.15) is 11.2 Å². The van der Waals surface area contributed by atoms with Crippen LogP contribution in [0.4, 0.5) is 17.1 Å². The lowest BCUT2D eigenvalue weighted by Gasteiger charge is -2.31. The lowest BCUT2D eigenvalue weighted by molar-refractivity contribution is 0.660. The Morgan fingerprint density at radius 2 is 1.09 bits per heavy atom. The number of furan rings is 1.